The van der Waals surface area contributed by atoms with Gasteiger partial charge in [0.25, 0.3) is 0 Å². The van der Waals surface area contributed by atoms with Crippen molar-refractivity contribution in [3.05, 3.63) is 126 Å². The van der Waals surface area contributed by atoms with Crippen LogP contribution >= 0.6 is 0 Å². The molecule has 1 saturated carbocycles. The zero-order valence-electron chi connectivity index (χ0n) is 24.7. The van der Waals surface area contributed by atoms with Gasteiger partial charge in [-0.1, -0.05) is 92.1 Å². The minimum Gasteiger partial charge on any atom is -0.492 e. The van der Waals surface area contributed by atoms with E-state index in [4.69, 9.17) is 4.74 Å². The first-order chi connectivity index (χ1) is 21.5. The van der Waals surface area contributed by atoms with Gasteiger partial charge in [0.05, 0.1) is 6.54 Å². The Morgan fingerprint density at radius 1 is 0.795 bits per heavy atom. The van der Waals surface area contributed by atoms with Crippen LogP contribution in [0.15, 0.2) is 109 Å². The fraction of sp³-hybridized carbons (Fsp3) is 0.270. The number of anilines is 2. The predicted molar refractivity (Wildman–Crippen MR) is 172 cm³/mol. The van der Waals surface area contributed by atoms with Crippen LogP contribution in [-0.4, -0.2) is 42.0 Å². The lowest BCUT2D eigenvalue weighted by Crippen LogP contribution is -2.39. The smallest absolute Gasteiger partial charge is 0.326 e. The Labute approximate surface area is 258 Å². The third-order valence-corrected chi connectivity index (χ3v) is 8.07. The highest BCUT2D eigenvalue weighted by molar-refractivity contribution is 6.12. The molecule has 0 spiro atoms. The molecule has 226 valence electrons. The second-order valence-corrected chi connectivity index (χ2v) is 11.1. The summed E-state index contributed by atoms with van der Waals surface area (Å²) in [5.74, 6) is -0.330. The molecule has 0 heterocycles. The highest BCUT2D eigenvalue weighted by atomic mass is 16.5. The van der Waals surface area contributed by atoms with Crippen LogP contribution in [0.25, 0.3) is 0 Å². The van der Waals surface area contributed by atoms with Crippen LogP contribution in [0.1, 0.15) is 53.6 Å². The Morgan fingerprint density at radius 3 is 2.11 bits per heavy atom. The summed E-state index contributed by atoms with van der Waals surface area (Å²) in [7, 11) is 0. The molecule has 4 aromatic carbocycles. The molecule has 1 fully saturated rings. The van der Waals surface area contributed by atoms with Crippen molar-refractivity contribution in [1.29, 1.82) is 0 Å². The fourth-order valence-electron chi connectivity index (χ4n) is 5.70. The quantitative estimate of drug-likeness (QED) is 0.163. The lowest BCUT2D eigenvalue weighted by Gasteiger charge is -2.29. The van der Waals surface area contributed by atoms with Crippen LogP contribution in [0.4, 0.5) is 11.4 Å². The molecule has 0 aromatic heterocycles. The van der Waals surface area contributed by atoms with Gasteiger partial charge in [0, 0.05) is 34.8 Å². The lowest BCUT2D eigenvalue weighted by molar-refractivity contribution is -0.137. The first-order valence-electron chi connectivity index (χ1n) is 15.3. The van der Waals surface area contributed by atoms with Gasteiger partial charge in [-0.2, -0.15) is 0 Å². The van der Waals surface area contributed by atoms with Gasteiger partial charge in [-0.25, -0.2) is 4.79 Å². The summed E-state index contributed by atoms with van der Waals surface area (Å²) in [6.07, 6.45) is 5.47. The van der Waals surface area contributed by atoms with Gasteiger partial charge in [-0.15, -0.1) is 0 Å². The number of carbonyl (C=O) groups is 3. The fourth-order valence-corrected chi connectivity index (χ4v) is 5.70. The molecule has 5 rings (SSSR count). The van der Waals surface area contributed by atoms with Crippen molar-refractivity contribution in [2.75, 3.05) is 23.4 Å². The van der Waals surface area contributed by atoms with Crippen LogP contribution in [0, 0.1) is 5.92 Å². The van der Waals surface area contributed by atoms with Gasteiger partial charge in [0.1, 0.15) is 18.4 Å². The summed E-state index contributed by atoms with van der Waals surface area (Å²) in [5, 5.41) is 13.1. The molecule has 2 N–H and O–H groups in total. The number of rotatable bonds is 13. The van der Waals surface area contributed by atoms with Gasteiger partial charge in [0.2, 0.25) is 5.91 Å². The molecule has 1 atom stereocenters. The summed E-state index contributed by atoms with van der Waals surface area (Å²) in [5.41, 5.74) is 3.11. The van der Waals surface area contributed by atoms with Crippen molar-refractivity contribution in [3.8, 4) is 5.75 Å². The van der Waals surface area contributed by atoms with E-state index in [1.54, 1.807) is 48.5 Å². The van der Waals surface area contributed by atoms with Gasteiger partial charge in [-0.3, -0.25) is 9.59 Å². The van der Waals surface area contributed by atoms with E-state index in [-0.39, 0.29) is 24.0 Å². The number of carboxylic acid groups (broad SMARTS) is 1. The van der Waals surface area contributed by atoms with Crippen LogP contribution in [0.3, 0.4) is 0 Å². The molecular formula is C37H38N2O5. The summed E-state index contributed by atoms with van der Waals surface area (Å²) in [6, 6.07) is 32.0. The van der Waals surface area contributed by atoms with Crippen LogP contribution in [-0.2, 0) is 16.0 Å². The van der Waals surface area contributed by atoms with E-state index in [1.165, 1.54) is 6.42 Å². The van der Waals surface area contributed by atoms with Crippen molar-refractivity contribution >= 4 is 29.0 Å². The number of amides is 1. The number of carbonyl (C=O) groups excluding carboxylic acids is 2. The third-order valence-electron chi connectivity index (χ3n) is 8.07. The molecule has 0 saturated heterocycles. The number of carboxylic acids is 1. The third kappa shape index (κ3) is 7.92. The Hall–Kier alpha value is -4.91. The van der Waals surface area contributed by atoms with Crippen LogP contribution in [0.2, 0.25) is 0 Å². The normalized spacial score (nSPS) is 13.9. The summed E-state index contributed by atoms with van der Waals surface area (Å²) in [6.45, 7) is 0.769. The highest BCUT2D eigenvalue weighted by Crippen LogP contribution is 2.28. The SMILES string of the molecule is O=C(c1ccccc1)c1ccccc1N[C@@H](Cc1ccc(OCCN(C(=O)C2CCCCC2)c2ccccc2)cc1)C(=O)O. The molecule has 7 nitrogen and oxygen atoms in total. The summed E-state index contributed by atoms with van der Waals surface area (Å²) < 4.78 is 6.02. The number of aliphatic carboxylic acids is 1. The van der Waals surface area contributed by atoms with Crippen molar-refractivity contribution in [2.45, 2.75) is 44.6 Å². The van der Waals surface area contributed by atoms with Gasteiger partial charge >= 0.3 is 5.97 Å². The molecular weight excluding hydrogens is 552 g/mol. The summed E-state index contributed by atoms with van der Waals surface area (Å²) >= 11 is 0. The van der Waals surface area contributed by atoms with E-state index >= 15 is 0 Å². The van der Waals surface area contributed by atoms with E-state index in [9.17, 15) is 19.5 Å². The zero-order chi connectivity index (χ0) is 30.7. The lowest BCUT2D eigenvalue weighted by atomic mass is 9.88. The number of benzene rings is 4. The number of ketones is 1. The molecule has 0 unspecified atom stereocenters. The van der Waals surface area contributed by atoms with Crippen molar-refractivity contribution in [3.63, 3.8) is 0 Å². The molecule has 1 aliphatic carbocycles. The van der Waals surface area contributed by atoms with E-state index in [1.807, 2.05) is 65.6 Å². The van der Waals surface area contributed by atoms with Crippen LogP contribution < -0.4 is 15.0 Å². The maximum Gasteiger partial charge on any atom is 0.326 e. The zero-order valence-corrected chi connectivity index (χ0v) is 24.7. The monoisotopic (exact) mass is 590 g/mol. The van der Waals surface area contributed by atoms with E-state index in [0.717, 1.165) is 36.9 Å². The van der Waals surface area contributed by atoms with E-state index < -0.39 is 12.0 Å². The first-order valence-corrected chi connectivity index (χ1v) is 15.3. The van der Waals surface area contributed by atoms with Gasteiger partial charge < -0.3 is 20.1 Å². The summed E-state index contributed by atoms with van der Waals surface area (Å²) in [4.78, 5) is 40.6. The van der Waals surface area contributed by atoms with Crippen molar-refractivity contribution < 1.29 is 24.2 Å². The molecule has 0 radical (unpaired) electrons. The molecule has 44 heavy (non-hydrogen) atoms. The maximum absolute atomic E-state index is 13.4. The number of ether oxygens (including phenoxy) is 1. The minimum atomic E-state index is -1.02. The second-order valence-electron chi connectivity index (χ2n) is 11.1. The van der Waals surface area contributed by atoms with E-state index in [2.05, 4.69) is 5.32 Å². The number of para-hydroxylation sites is 2. The minimum absolute atomic E-state index is 0.0578. The van der Waals surface area contributed by atoms with Crippen molar-refractivity contribution in [2.24, 2.45) is 5.92 Å². The second kappa shape index (κ2) is 15.0. The maximum atomic E-state index is 13.4. The molecule has 0 bridgehead atoms. The predicted octanol–water partition coefficient (Wildman–Crippen LogP) is 7.02. The average molecular weight is 591 g/mol. The molecule has 1 amide bonds. The highest BCUT2D eigenvalue weighted by Gasteiger charge is 2.27. The number of hydrogen-bond acceptors (Lipinski definition) is 5. The number of hydrogen-bond donors (Lipinski definition) is 2. The average Bonchev–Trinajstić information content (AvgIpc) is 3.08. The molecule has 7 heteroatoms. The topological polar surface area (TPSA) is 95.9 Å². The number of nitrogens with zero attached hydrogens (tertiary/aromatic N) is 1. The van der Waals surface area contributed by atoms with Gasteiger partial charge in [0.15, 0.2) is 5.78 Å². The Balaban J connectivity index is 1.20. The van der Waals surface area contributed by atoms with Crippen molar-refractivity contribution in [1.82, 2.24) is 0 Å². The largest absolute Gasteiger partial charge is 0.492 e. The first kappa shape index (κ1) is 30.5. The molecule has 4 aromatic rings. The molecule has 1 aliphatic rings. The Kier molecular flexibility index (Phi) is 10.4. The molecule has 0 aliphatic heterocycles. The van der Waals surface area contributed by atoms with Gasteiger partial charge in [-0.05, 0) is 54.8 Å². The number of nitrogens with one attached hydrogen (secondary N) is 1. The van der Waals surface area contributed by atoms with Crippen LogP contribution in [0.5, 0.6) is 5.75 Å². The van der Waals surface area contributed by atoms with E-state index in [0.29, 0.717) is 35.7 Å². The Bertz CT molecular complexity index is 1530. The standard InChI is InChI=1S/C37H38N2O5/c40-35(28-12-4-1-5-13-28)32-18-10-11-19-33(32)38-34(37(42)43)26-27-20-22-31(23-21-27)44-25-24-39(30-16-8-3-9-17-30)36(41)29-14-6-2-7-15-29/h1,3-5,8-13,16-23,29,34,38H,2,6-7,14-15,24-26H2,(H,42,43)/t34-/m0/s1. The Morgan fingerprint density at radius 2 is 1.43 bits per heavy atom.